The quantitative estimate of drug-likeness (QED) is 0.817. The van der Waals surface area contributed by atoms with E-state index in [0.29, 0.717) is 0 Å². The van der Waals surface area contributed by atoms with Crippen molar-refractivity contribution in [3.8, 4) is 0 Å². The number of carbonyl (C=O) groups excluding carboxylic acids is 1. The SMILES string of the molecule is COC(=O)C(C)c1ccc(C(O)C(C)C)cc1. The van der Waals surface area contributed by atoms with E-state index in [2.05, 4.69) is 0 Å². The molecule has 0 aromatic heterocycles. The molecular weight excluding hydrogens is 216 g/mol. The first-order chi connectivity index (χ1) is 7.97. The Morgan fingerprint density at radius 2 is 1.59 bits per heavy atom. The fourth-order valence-corrected chi connectivity index (χ4v) is 1.68. The van der Waals surface area contributed by atoms with Gasteiger partial charge in [-0.1, -0.05) is 38.1 Å². The second-order valence-corrected chi connectivity index (χ2v) is 4.60. The van der Waals surface area contributed by atoms with Gasteiger partial charge in [0.1, 0.15) is 0 Å². The zero-order valence-corrected chi connectivity index (χ0v) is 10.8. The lowest BCUT2D eigenvalue weighted by Crippen LogP contribution is -2.11. The molecule has 2 atom stereocenters. The number of methoxy groups -OCH3 is 1. The lowest BCUT2D eigenvalue weighted by atomic mass is 9.95. The maximum atomic E-state index is 11.4. The first-order valence-electron chi connectivity index (χ1n) is 5.83. The molecule has 0 bridgehead atoms. The minimum absolute atomic E-state index is 0.180. The molecule has 0 heterocycles. The van der Waals surface area contributed by atoms with E-state index in [0.717, 1.165) is 11.1 Å². The van der Waals surface area contributed by atoms with Crippen LogP contribution in [0.4, 0.5) is 0 Å². The van der Waals surface area contributed by atoms with E-state index in [9.17, 15) is 9.90 Å². The molecular formula is C14H20O3. The number of carbonyl (C=O) groups is 1. The van der Waals surface area contributed by atoms with E-state index in [1.165, 1.54) is 7.11 Å². The molecule has 3 heteroatoms. The fourth-order valence-electron chi connectivity index (χ4n) is 1.68. The van der Waals surface area contributed by atoms with Crippen molar-refractivity contribution in [3.63, 3.8) is 0 Å². The third-order valence-corrected chi connectivity index (χ3v) is 2.96. The number of benzene rings is 1. The van der Waals surface area contributed by atoms with Gasteiger partial charge in [-0.05, 0) is 24.0 Å². The Morgan fingerprint density at radius 1 is 1.12 bits per heavy atom. The van der Waals surface area contributed by atoms with Gasteiger partial charge in [0, 0.05) is 0 Å². The molecule has 3 nitrogen and oxygen atoms in total. The molecule has 0 aliphatic heterocycles. The Kier molecular flexibility index (Phi) is 4.70. The van der Waals surface area contributed by atoms with Gasteiger partial charge >= 0.3 is 5.97 Å². The smallest absolute Gasteiger partial charge is 0.312 e. The standard InChI is InChI=1S/C14H20O3/c1-9(2)13(15)12-7-5-11(6-8-12)10(3)14(16)17-4/h5-10,13,15H,1-4H3. The summed E-state index contributed by atoms with van der Waals surface area (Å²) in [6.07, 6.45) is -0.461. The third-order valence-electron chi connectivity index (χ3n) is 2.96. The number of esters is 1. The Morgan fingerprint density at radius 3 is 2.00 bits per heavy atom. The van der Waals surface area contributed by atoms with Gasteiger partial charge < -0.3 is 9.84 Å². The van der Waals surface area contributed by atoms with Gasteiger partial charge in [-0.25, -0.2) is 0 Å². The Bertz CT molecular complexity index is 368. The van der Waals surface area contributed by atoms with Gasteiger partial charge in [-0.15, -0.1) is 0 Å². The molecule has 0 aliphatic rings. The molecule has 1 rings (SSSR count). The van der Waals surface area contributed by atoms with Crippen molar-refractivity contribution in [1.82, 2.24) is 0 Å². The molecule has 0 aliphatic carbocycles. The number of ether oxygens (including phenoxy) is 1. The van der Waals surface area contributed by atoms with E-state index in [1.54, 1.807) is 6.92 Å². The van der Waals surface area contributed by atoms with Gasteiger partial charge in [0.15, 0.2) is 0 Å². The predicted octanol–water partition coefficient (Wildman–Crippen LogP) is 2.65. The molecule has 94 valence electrons. The zero-order chi connectivity index (χ0) is 13.0. The summed E-state index contributed by atoms with van der Waals surface area (Å²) in [6.45, 7) is 5.74. The van der Waals surface area contributed by atoms with Gasteiger partial charge in [-0.2, -0.15) is 0 Å². The summed E-state index contributed by atoms with van der Waals surface area (Å²) in [5.41, 5.74) is 1.78. The van der Waals surface area contributed by atoms with Crippen LogP contribution in [-0.4, -0.2) is 18.2 Å². The van der Waals surface area contributed by atoms with Gasteiger partial charge in [-0.3, -0.25) is 4.79 Å². The van der Waals surface area contributed by atoms with E-state index < -0.39 is 6.10 Å². The van der Waals surface area contributed by atoms with Crippen LogP contribution in [0, 0.1) is 5.92 Å². The minimum atomic E-state index is -0.461. The molecule has 0 radical (unpaired) electrons. The van der Waals surface area contributed by atoms with E-state index in [-0.39, 0.29) is 17.8 Å². The molecule has 2 unspecified atom stereocenters. The van der Waals surface area contributed by atoms with Crippen LogP contribution in [0.1, 0.15) is 43.9 Å². The maximum absolute atomic E-state index is 11.4. The maximum Gasteiger partial charge on any atom is 0.312 e. The lowest BCUT2D eigenvalue weighted by Gasteiger charge is -2.16. The monoisotopic (exact) mass is 236 g/mol. The van der Waals surface area contributed by atoms with Crippen LogP contribution in [0.15, 0.2) is 24.3 Å². The molecule has 0 spiro atoms. The topological polar surface area (TPSA) is 46.5 Å². The van der Waals surface area contributed by atoms with Gasteiger partial charge in [0.2, 0.25) is 0 Å². The van der Waals surface area contributed by atoms with Crippen molar-refractivity contribution in [2.45, 2.75) is 32.8 Å². The van der Waals surface area contributed by atoms with Crippen LogP contribution in [0.3, 0.4) is 0 Å². The number of hydrogen-bond acceptors (Lipinski definition) is 3. The van der Waals surface area contributed by atoms with Crippen LogP contribution < -0.4 is 0 Å². The van der Waals surface area contributed by atoms with Crippen LogP contribution in [0.2, 0.25) is 0 Å². The van der Waals surface area contributed by atoms with Crippen molar-refractivity contribution in [2.24, 2.45) is 5.92 Å². The number of rotatable bonds is 4. The summed E-state index contributed by atoms with van der Waals surface area (Å²) in [4.78, 5) is 11.4. The summed E-state index contributed by atoms with van der Waals surface area (Å²) in [7, 11) is 1.38. The largest absolute Gasteiger partial charge is 0.469 e. The second-order valence-electron chi connectivity index (χ2n) is 4.60. The molecule has 17 heavy (non-hydrogen) atoms. The van der Waals surface area contributed by atoms with Crippen LogP contribution in [-0.2, 0) is 9.53 Å². The highest BCUT2D eigenvalue weighted by molar-refractivity contribution is 5.77. The fraction of sp³-hybridized carbons (Fsp3) is 0.500. The molecule has 1 aromatic carbocycles. The zero-order valence-electron chi connectivity index (χ0n) is 10.8. The molecule has 0 fully saturated rings. The highest BCUT2D eigenvalue weighted by Crippen LogP contribution is 2.24. The van der Waals surface area contributed by atoms with Crippen molar-refractivity contribution < 1.29 is 14.6 Å². The normalized spacial score (nSPS) is 14.5. The number of hydrogen-bond donors (Lipinski definition) is 1. The van der Waals surface area contributed by atoms with Crippen LogP contribution >= 0.6 is 0 Å². The van der Waals surface area contributed by atoms with Crippen molar-refractivity contribution in [3.05, 3.63) is 35.4 Å². The first-order valence-corrected chi connectivity index (χ1v) is 5.83. The number of aliphatic hydroxyl groups is 1. The highest BCUT2D eigenvalue weighted by Gasteiger charge is 2.17. The Labute approximate surface area is 102 Å². The van der Waals surface area contributed by atoms with Gasteiger partial charge in [0.05, 0.1) is 19.1 Å². The minimum Gasteiger partial charge on any atom is -0.469 e. The van der Waals surface area contributed by atoms with E-state index >= 15 is 0 Å². The summed E-state index contributed by atoms with van der Waals surface area (Å²) in [5.74, 6) is -0.341. The Balaban J connectivity index is 2.84. The molecule has 0 saturated heterocycles. The third kappa shape index (κ3) is 3.30. The average Bonchev–Trinajstić information content (AvgIpc) is 2.36. The van der Waals surface area contributed by atoms with E-state index in [1.807, 2.05) is 38.1 Å². The molecule has 1 N–H and O–H groups in total. The average molecular weight is 236 g/mol. The second kappa shape index (κ2) is 5.82. The van der Waals surface area contributed by atoms with Crippen LogP contribution in [0.25, 0.3) is 0 Å². The molecule has 0 saturated carbocycles. The Hall–Kier alpha value is -1.35. The first kappa shape index (κ1) is 13.7. The van der Waals surface area contributed by atoms with Crippen molar-refractivity contribution in [1.29, 1.82) is 0 Å². The molecule has 1 aromatic rings. The summed E-state index contributed by atoms with van der Waals surface area (Å²) in [6, 6.07) is 7.45. The summed E-state index contributed by atoms with van der Waals surface area (Å²) < 4.78 is 4.69. The molecule has 0 amide bonds. The van der Waals surface area contributed by atoms with Gasteiger partial charge in [0.25, 0.3) is 0 Å². The lowest BCUT2D eigenvalue weighted by molar-refractivity contribution is -0.141. The predicted molar refractivity (Wildman–Crippen MR) is 66.7 cm³/mol. The number of aliphatic hydroxyl groups excluding tert-OH is 1. The van der Waals surface area contributed by atoms with Crippen LogP contribution in [0.5, 0.6) is 0 Å². The summed E-state index contributed by atoms with van der Waals surface area (Å²) >= 11 is 0. The van der Waals surface area contributed by atoms with Crippen molar-refractivity contribution >= 4 is 5.97 Å². The van der Waals surface area contributed by atoms with E-state index in [4.69, 9.17) is 4.74 Å². The van der Waals surface area contributed by atoms with Crippen molar-refractivity contribution in [2.75, 3.05) is 7.11 Å². The summed E-state index contributed by atoms with van der Waals surface area (Å²) in [5, 5.41) is 9.89. The highest BCUT2D eigenvalue weighted by atomic mass is 16.5.